The van der Waals surface area contributed by atoms with Gasteiger partial charge in [-0.2, -0.15) is 0 Å². The van der Waals surface area contributed by atoms with Crippen LogP contribution in [0.3, 0.4) is 0 Å². The Hall–Kier alpha value is 0.461. The maximum atomic E-state index is 12.4. The van der Waals surface area contributed by atoms with E-state index < -0.39 is 22.3 Å². The van der Waals surface area contributed by atoms with Crippen LogP contribution in [0.15, 0.2) is 24.3 Å². The molecule has 0 N–H and O–H groups in total. The second kappa shape index (κ2) is 8.80. The first-order valence-corrected chi connectivity index (χ1v) is 7.70. The summed E-state index contributed by atoms with van der Waals surface area (Å²) in [6, 6.07) is 4.24. The van der Waals surface area contributed by atoms with Crippen molar-refractivity contribution in [3.8, 4) is 5.75 Å². The molecule has 20 heavy (non-hydrogen) atoms. The summed E-state index contributed by atoms with van der Waals surface area (Å²) >= 11 is 0. The Kier molecular flexibility index (Phi) is 9.00. The molecule has 1 aromatic carbocycles. The van der Waals surface area contributed by atoms with E-state index >= 15 is 0 Å². The molecule has 0 heterocycles. The Balaban J connectivity index is 0.00000361. The second-order valence-electron chi connectivity index (χ2n) is 4.14. The minimum absolute atomic E-state index is 0. The predicted molar refractivity (Wildman–Crippen MR) is 69.6 cm³/mol. The molecule has 0 amide bonds. The first-order valence-electron chi connectivity index (χ1n) is 5.88. The summed E-state index contributed by atoms with van der Waals surface area (Å²) in [4.78, 5) is 0. The van der Waals surface area contributed by atoms with Crippen LogP contribution in [-0.2, 0) is 9.84 Å². The number of hydrogen-bond acceptors (Lipinski definition) is 3. The number of benzene rings is 1. The Morgan fingerprint density at radius 3 is 2.10 bits per heavy atom. The Bertz CT molecular complexity index is 503. The van der Waals surface area contributed by atoms with Gasteiger partial charge in [0, 0.05) is 0 Å². The standard InChI is InChI=1S/C11H15BF3O3S.K/c1-2-8-19(16,17)9-7-18-11-5-3-10(4-6-11)12(13,14)15;/h3-6H,2,7-9H2,1H3;/q-1;+1. The smallest absolute Gasteiger partial charge is 0.493 e. The third-order valence-corrected chi connectivity index (χ3v) is 4.26. The van der Waals surface area contributed by atoms with Gasteiger partial charge in [-0.3, -0.25) is 0 Å². The summed E-state index contributed by atoms with van der Waals surface area (Å²) < 4.78 is 64.9. The molecule has 0 spiro atoms. The molecular formula is C11H15BF3KO3S. The molecule has 3 nitrogen and oxygen atoms in total. The molecule has 1 rings (SSSR count). The zero-order valence-electron chi connectivity index (χ0n) is 11.5. The van der Waals surface area contributed by atoms with Crippen molar-refractivity contribution >= 4 is 22.3 Å². The van der Waals surface area contributed by atoms with Crippen LogP contribution in [0.4, 0.5) is 12.9 Å². The van der Waals surface area contributed by atoms with E-state index in [1.54, 1.807) is 6.92 Å². The first-order chi connectivity index (χ1) is 8.74. The van der Waals surface area contributed by atoms with Gasteiger partial charge in [0.2, 0.25) is 0 Å². The molecule has 0 atom stereocenters. The van der Waals surface area contributed by atoms with E-state index in [0.29, 0.717) is 6.42 Å². The van der Waals surface area contributed by atoms with Crippen LogP contribution in [0.5, 0.6) is 5.75 Å². The van der Waals surface area contributed by atoms with Gasteiger partial charge in [-0.25, -0.2) is 8.42 Å². The van der Waals surface area contributed by atoms with Crippen molar-refractivity contribution in [3.63, 3.8) is 0 Å². The maximum absolute atomic E-state index is 12.4. The minimum Gasteiger partial charge on any atom is -0.493 e. The van der Waals surface area contributed by atoms with Crippen LogP contribution in [0.2, 0.25) is 0 Å². The fourth-order valence-electron chi connectivity index (χ4n) is 1.48. The molecule has 0 saturated heterocycles. The number of sulfone groups is 1. The zero-order valence-corrected chi connectivity index (χ0v) is 15.4. The van der Waals surface area contributed by atoms with Crippen LogP contribution in [0, 0.1) is 0 Å². The first kappa shape index (κ1) is 20.5. The van der Waals surface area contributed by atoms with Crippen molar-refractivity contribution in [2.45, 2.75) is 13.3 Å². The molecule has 1 aromatic rings. The Labute approximate surface area is 159 Å². The molecule has 0 radical (unpaired) electrons. The number of halogens is 3. The SMILES string of the molecule is CCCS(=O)(=O)CCOc1ccc([B-](F)(F)F)cc1.[K+]. The van der Waals surface area contributed by atoms with Crippen molar-refractivity contribution in [3.05, 3.63) is 24.3 Å². The predicted octanol–water partition coefficient (Wildman–Crippen LogP) is -1.05. The molecule has 0 aromatic heterocycles. The average molecular weight is 334 g/mol. The monoisotopic (exact) mass is 334 g/mol. The Morgan fingerprint density at radius 2 is 1.65 bits per heavy atom. The molecular weight excluding hydrogens is 319 g/mol. The number of rotatable bonds is 7. The summed E-state index contributed by atoms with van der Waals surface area (Å²) in [5, 5.41) is 0. The third-order valence-electron chi connectivity index (χ3n) is 2.44. The van der Waals surface area contributed by atoms with E-state index in [4.69, 9.17) is 4.74 Å². The number of ether oxygens (including phenoxy) is 1. The Morgan fingerprint density at radius 1 is 1.10 bits per heavy atom. The van der Waals surface area contributed by atoms with Crippen LogP contribution < -0.4 is 61.6 Å². The van der Waals surface area contributed by atoms with E-state index in [2.05, 4.69) is 0 Å². The van der Waals surface area contributed by atoms with Crippen LogP contribution in [0.1, 0.15) is 13.3 Å². The number of hydrogen-bond donors (Lipinski definition) is 0. The van der Waals surface area contributed by atoms with Crippen LogP contribution in [0.25, 0.3) is 0 Å². The normalized spacial score (nSPS) is 11.8. The molecule has 0 saturated carbocycles. The summed E-state index contributed by atoms with van der Waals surface area (Å²) in [5.74, 6) is 0.188. The van der Waals surface area contributed by atoms with Gasteiger partial charge in [0.25, 0.3) is 0 Å². The maximum Gasteiger partial charge on any atom is 1.00 e. The van der Waals surface area contributed by atoms with Gasteiger partial charge in [-0.1, -0.05) is 19.1 Å². The summed E-state index contributed by atoms with van der Waals surface area (Å²) in [6.07, 6.45) is 0.532. The van der Waals surface area contributed by atoms with Gasteiger partial charge in [-0.05, 0) is 18.6 Å². The van der Waals surface area contributed by atoms with Crippen molar-refractivity contribution in [1.82, 2.24) is 0 Å². The van der Waals surface area contributed by atoms with E-state index in [1.165, 1.54) is 12.1 Å². The summed E-state index contributed by atoms with van der Waals surface area (Å²) in [5.41, 5.74) is -0.703. The molecule has 0 unspecified atom stereocenters. The minimum atomic E-state index is -5.01. The van der Waals surface area contributed by atoms with Gasteiger partial charge in [0.05, 0.1) is 11.5 Å². The molecule has 0 aliphatic heterocycles. The molecule has 0 aliphatic rings. The van der Waals surface area contributed by atoms with Gasteiger partial charge in [-0.15, -0.1) is 5.46 Å². The van der Waals surface area contributed by atoms with Gasteiger partial charge in [0.1, 0.15) is 12.4 Å². The van der Waals surface area contributed by atoms with Crippen LogP contribution >= 0.6 is 0 Å². The fraction of sp³-hybridized carbons (Fsp3) is 0.455. The van der Waals surface area contributed by atoms with Crippen molar-refractivity contribution < 1.29 is 77.5 Å². The molecule has 0 aliphatic carbocycles. The van der Waals surface area contributed by atoms with Gasteiger partial charge >= 0.3 is 58.4 Å². The van der Waals surface area contributed by atoms with Gasteiger partial charge in [0.15, 0.2) is 9.84 Å². The molecule has 0 fully saturated rings. The molecule has 0 bridgehead atoms. The second-order valence-corrected chi connectivity index (χ2v) is 6.45. The van der Waals surface area contributed by atoms with Crippen molar-refractivity contribution in [1.29, 1.82) is 0 Å². The van der Waals surface area contributed by atoms with Crippen LogP contribution in [-0.4, -0.2) is 33.5 Å². The summed E-state index contributed by atoms with van der Waals surface area (Å²) in [6.45, 7) is -3.31. The molecule has 9 heteroatoms. The van der Waals surface area contributed by atoms with Crippen molar-refractivity contribution in [2.75, 3.05) is 18.1 Å². The largest absolute Gasteiger partial charge is 1.00 e. The van der Waals surface area contributed by atoms with E-state index in [1.807, 2.05) is 0 Å². The van der Waals surface area contributed by atoms with Crippen molar-refractivity contribution in [2.24, 2.45) is 0 Å². The third kappa shape index (κ3) is 7.46. The fourth-order valence-corrected chi connectivity index (χ4v) is 2.65. The molecule has 108 valence electrons. The summed E-state index contributed by atoms with van der Waals surface area (Å²) in [7, 11) is -3.14. The van der Waals surface area contributed by atoms with E-state index in [0.717, 1.165) is 12.1 Å². The zero-order chi connectivity index (χ0) is 14.5. The van der Waals surface area contributed by atoms with Gasteiger partial charge < -0.3 is 17.7 Å². The average Bonchev–Trinajstić information content (AvgIpc) is 2.28. The topological polar surface area (TPSA) is 43.4 Å². The quantitative estimate of drug-likeness (QED) is 0.598. The van der Waals surface area contributed by atoms with E-state index in [9.17, 15) is 21.4 Å². The van der Waals surface area contributed by atoms with E-state index in [-0.39, 0.29) is 75.2 Å².